The van der Waals surface area contributed by atoms with Crippen molar-refractivity contribution in [2.45, 2.75) is 41.2 Å². The Kier molecular flexibility index (Phi) is 9.69. The molecule has 0 aliphatic rings. The van der Waals surface area contributed by atoms with Gasteiger partial charge in [-0.1, -0.05) is 51.4 Å². The van der Waals surface area contributed by atoms with Crippen LogP contribution in [0.15, 0.2) is 70.1 Å². The number of halogens is 1. The molecule has 4 aromatic rings. The smallest absolute Gasteiger partial charge is 0.267 e. The minimum Gasteiger partial charge on any atom is -0.508 e. The number of nitrogens with one attached hydrogen (secondary N) is 1. The highest BCUT2D eigenvalue weighted by atomic mass is 35.5. The average Bonchev–Trinajstić information content (AvgIpc) is 3.27. The Hall–Kier alpha value is -3.58. The van der Waals surface area contributed by atoms with E-state index in [2.05, 4.69) is 15.3 Å². The maximum Gasteiger partial charge on any atom is 0.267 e. The van der Waals surface area contributed by atoms with Gasteiger partial charge in [0.2, 0.25) is 11.8 Å². The van der Waals surface area contributed by atoms with E-state index in [-0.39, 0.29) is 29.3 Å². The normalized spacial score (nSPS) is 9.88. The minimum absolute atomic E-state index is 0.150. The molecule has 0 amide bonds. The summed E-state index contributed by atoms with van der Waals surface area (Å²) in [4.78, 5) is 21.8. The van der Waals surface area contributed by atoms with Gasteiger partial charge in [0, 0.05) is 16.9 Å². The van der Waals surface area contributed by atoms with Crippen molar-refractivity contribution >= 4 is 23.2 Å². The van der Waals surface area contributed by atoms with E-state index >= 15 is 0 Å². The lowest BCUT2D eigenvalue weighted by molar-refractivity contribution is 0.475. The van der Waals surface area contributed by atoms with Crippen LogP contribution >= 0.6 is 11.6 Å². The van der Waals surface area contributed by atoms with E-state index in [0.29, 0.717) is 22.4 Å². The molecule has 0 radical (unpaired) electrons. The van der Waals surface area contributed by atoms with Crippen LogP contribution in [0, 0.1) is 6.92 Å². The molecule has 0 aliphatic heterocycles. The number of phenolic OH excluding ortho intramolecular Hbond substituents is 1. The molecule has 2 aromatic carbocycles. The summed E-state index contributed by atoms with van der Waals surface area (Å²) in [6, 6.07) is 13.7. The number of aromatic nitrogens is 3. The van der Waals surface area contributed by atoms with Gasteiger partial charge in [-0.05, 0) is 48.9 Å². The van der Waals surface area contributed by atoms with E-state index in [9.17, 15) is 9.90 Å². The molecule has 0 unspecified atom stereocenters. The quantitative estimate of drug-likeness (QED) is 0.329. The SMILES string of the molecule is CC.CC.Cc1cnc(-c2cnc(Nc3ccc(O)cc3)n(Cc3ccc(Cl)cc3)c2=O)o1. The van der Waals surface area contributed by atoms with E-state index in [4.69, 9.17) is 16.0 Å². The average molecular weight is 469 g/mol. The van der Waals surface area contributed by atoms with Gasteiger partial charge in [-0.15, -0.1) is 0 Å². The van der Waals surface area contributed by atoms with Crippen molar-refractivity contribution in [1.82, 2.24) is 14.5 Å². The predicted molar refractivity (Wildman–Crippen MR) is 133 cm³/mol. The number of aryl methyl sites for hydroxylation is 1. The Bertz CT molecular complexity index is 1200. The predicted octanol–water partition coefficient (Wildman–Crippen LogP) is 6.41. The van der Waals surface area contributed by atoms with Crippen LogP contribution in [0.3, 0.4) is 0 Å². The first-order chi connectivity index (χ1) is 16.0. The van der Waals surface area contributed by atoms with Crippen molar-refractivity contribution in [3.8, 4) is 17.2 Å². The fraction of sp³-hybridized carbons (Fsp3) is 0.240. The maximum absolute atomic E-state index is 13.2. The summed E-state index contributed by atoms with van der Waals surface area (Å²) in [5.74, 6) is 1.33. The van der Waals surface area contributed by atoms with Crippen molar-refractivity contribution in [1.29, 1.82) is 0 Å². The monoisotopic (exact) mass is 468 g/mol. The molecular weight excluding hydrogens is 440 g/mol. The van der Waals surface area contributed by atoms with Crippen molar-refractivity contribution in [3.63, 3.8) is 0 Å². The van der Waals surface area contributed by atoms with Gasteiger partial charge in [-0.2, -0.15) is 0 Å². The Morgan fingerprint density at radius 1 is 0.970 bits per heavy atom. The van der Waals surface area contributed by atoms with Crippen LogP contribution in [0.1, 0.15) is 39.0 Å². The zero-order chi connectivity index (χ0) is 24.4. The molecule has 7 nitrogen and oxygen atoms in total. The fourth-order valence-corrected chi connectivity index (χ4v) is 2.94. The molecule has 2 aromatic heterocycles. The molecular formula is C25H29ClN4O3. The fourth-order valence-electron chi connectivity index (χ4n) is 2.81. The van der Waals surface area contributed by atoms with Crippen LogP contribution < -0.4 is 10.9 Å². The first-order valence-corrected chi connectivity index (χ1v) is 11.2. The Balaban J connectivity index is 0.000000914. The molecule has 0 aliphatic carbocycles. The van der Waals surface area contributed by atoms with Gasteiger partial charge in [0.1, 0.15) is 17.1 Å². The largest absolute Gasteiger partial charge is 0.508 e. The van der Waals surface area contributed by atoms with Crippen LogP contribution in [-0.2, 0) is 6.54 Å². The van der Waals surface area contributed by atoms with Gasteiger partial charge in [0.25, 0.3) is 5.56 Å². The highest BCUT2D eigenvalue weighted by Gasteiger charge is 2.16. The van der Waals surface area contributed by atoms with Gasteiger partial charge in [0.15, 0.2) is 0 Å². The highest BCUT2D eigenvalue weighted by molar-refractivity contribution is 6.30. The van der Waals surface area contributed by atoms with Gasteiger partial charge >= 0.3 is 0 Å². The first-order valence-electron chi connectivity index (χ1n) is 10.8. The molecule has 0 saturated heterocycles. The topological polar surface area (TPSA) is 93.2 Å². The second-order valence-corrected chi connectivity index (χ2v) is 6.90. The van der Waals surface area contributed by atoms with Gasteiger partial charge in [0.05, 0.1) is 12.7 Å². The minimum atomic E-state index is -0.293. The lowest BCUT2D eigenvalue weighted by Crippen LogP contribution is -2.26. The third-order valence-corrected chi connectivity index (χ3v) is 4.53. The summed E-state index contributed by atoms with van der Waals surface area (Å²) in [7, 11) is 0. The maximum atomic E-state index is 13.2. The number of phenols is 1. The van der Waals surface area contributed by atoms with Crippen LogP contribution in [0.2, 0.25) is 5.02 Å². The molecule has 0 saturated carbocycles. The van der Waals surface area contributed by atoms with Crippen molar-refractivity contribution in [3.05, 3.63) is 87.6 Å². The van der Waals surface area contributed by atoms with Gasteiger partial charge in [-0.25, -0.2) is 9.97 Å². The summed E-state index contributed by atoms with van der Waals surface area (Å²) >= 11 is 5.97. The number of anilines is 2. The zero-order valence-corrected chi connectivity index (χ0v) is 20.2. The molecule has 4 rings (SSSR count). The van der Waals surface area contributed by atoms with Crippen LogP contribution in [0.4, 0.5) is 11.6 Å². The van der Waals surface area contributed by atoms with Crippen molar-refractivity contribution in [2.75, 3.05) is 5.32 Å². The van der Waals surface area contributed by atoms with Crippen molar-refractivity contribution < 1.29 is 9.52 Å². The molecule has 8 heteroatoms. The molecule has 33 heavy (non-hydrogen) atoms. The summed E-state index contributed by atoms with van der Waals surface area (Å²) in [5, 5.41) is 13.2. The van der Waals surface area contributed by atoms with Gasteiger partial charge < -0.3 is 14.8 Å². The van der Waals surface area contributed by atoms with Crippen LogP contribution in [0.25, 0.3) is 11.5 Å². The van der Waals surface area contributed by atoms with E-state index < -0.39 is 0 Å². The number of oxazole rings is 1. The lowest BCUT2D eigenvalue weighted by atomic mass is 10.2. The van der Waals surface area contributed by atoms with E-state index in [1.54, 1.807) is 49.5 Å². The van der Waals surface area contributed by atoms with Gasteiger partial charge in [-0.3, -0.25) is 9.36 Å². The molecule has 174 valence electrons. The number of aromatic hydroxyl groups is 1. The Labute approximate surface area is 198 Å². The van der Waals surface area contributed by atoms with Crippen LogP contribution in [-0.4, -0.2) is 19.6 Å². The standard InChI is InChI=1S/C21H17ClN4O3.2C2H6/c1-13-10-23-19(29-13)18-11-24-21(25-16-6-8-17(27)9-7-16)26(20(18)28)12-14-2-4-15(22)5-3-14;2*1-2/h2-11,27H,12H2,1H3,(H,24,25);2*1-2H3. The number of hydrogen-bond acceptors (Lipinski definition) is 6. The van der Waals surface area contributed by atoms with E-state index in [0.717, 1.165) is 5.56 Å². The Morgan fingerprint density at radius 3 is 2.18 bits per heavy atom. The molecule has 0 fully saturated rings. The third kappa shape index (κ3) is 6.70. The lowest BCUT2D eigenvalue weighted by Gasteiger charge is -2.14. The number of benzene rings is 2. The second-order valence-electron chi connectivity index (χ2n) is 6.46. The number of nitrogens with zero attached hydrogens (tertiary/aromatic N) is 3. The highest BCUT2D eigenvalue weighted by Crippen LogP contribution is 2.21. The summed E-state index contributed by atoms with van der Waals surface area (Å²) in [6.45, 7) is 10.0. The summed E-state index contributed by atoms with van der Waals surface area (Å²) in [6.07, 6.45) is 3.00. The Morgan fingerprint density at radius 2 is 1.61 bits per heavy atom. The van der Waals surface area contributed by atoms with Crippen LogP contribution in [0.5, 0.6) is 5.75 Å². The van der Waals surface area contributed by atoms with Crippen molar-refractivity contribution in [2.24, 2.45) is 0 Å². The third-order valence-electron chi connectivity index (χ3n) is 4.28. The number of rotatable bonds is 5. The summed E-state index contributed by atoms with van der Waals surface area (Å²) in [5.41, 5.74) is 1.54. The number of hydrogen-bond donors (Lipinski definition) is 2. The van der Waals surface area contributed by atoms with E-state index in [1.165, 1.54) is 10.8 Å². The molecule has 2 N–H and O–H groups in total. The molecule has 0 atom stereocenters. The zero-order valence-electron chi connectivity index (χ0n) is 19.5. The molecule has 2 heterocycles. The molecule has 0 spiro atoms. The van der Waals surface area contributed by atoms with E-state index in [1.807, 2.05) is 39.8 Å². The summed E-state index contributed by atoms with van der Waals surface area (Å²) < 4.78 is 7.02. The molecule has 0 bridgehead atoms. The first kappa shape index (κ1) is 25.7. The second kappa shape index (κ2) is 12.5.